The zero-order valence-corrected chi connectivity index (χ0v) is 21.4. The van der Waals surface area contributed by atoms with E-state index in [0.717, 1.165) is 17.7 Å². The molecule has 1 aromatic heterocycles. The molecule has 1 N–H and O–H groups in total. The van der Waals surface area contributed by atoms with Crippen LogP contribution in [-0.4, -0.2) is 20.6 Å². The van der Waals surface area contributed by atoms with Gasteiger partial charge >= 0.3 is 11.9 Å². The lowest BCUT2D eigenvalue weighted by Crippen LogP contribution is -2.14. The highest BCUT2D eigenvalue weighted by atomic mass is 19.4. The number of ether oxygens (including phenoxy) is 1. The van der Waals surface area contributed by atoms with E-state index in [1.165, 1.54) is 18.2 Å². The number of alkyl halides is 3. The number of amides is 1. The Labute approximate surface area is 222 Å². The lowest BCUT2D eigenvalue weighted by Gasteiger charge is -2.11. The summed E-state index contributed by atoms with van der Waals surface area (Å²) < 4.78 is 46.4. The Morgan fingerprint density at radius 2 is 1.74 bits per heavy atom. The molecule has 0 bridgehead atoms. The molecule has 11 heteroatoms. The first-order valence-electron chi connectivity index (χ1n) is 11.9. The number of rotatable bonds is 8. The van der Waals surface area contributed by atoms with E-state index >= 15 is 0 Å². The van der Waals surface area contributed by atoms with E-state index in [4.69, 9.17) is 4.74 Å². The van der Waals surface area contributed by atoms with Gasteiger partial charge in [-0.25, -0.2) is 0 Å². The van der Waals surface area contributed by atoms with E-state index in [2.05, 4.69) is 10.4 Å². The van der Waals surface area contributed by atoms with Crippen LogP contribution < -0.4 is 10.1 Å². The Hall–Kier alpha value is -4.67. The molecule has 8 nitrogen and oxygen atoms in total. The van der Waals surface area contributed by atoms with Crippen LogP contribution in [0, 0.1) is 30.9 Å². The second-order valence-corrected chi connectivity index (χ2v) is 9.07. The van der Waals surface area contributed by atoms with Crippen LogP contribution in [-0.2, 0) is 19.3 Å². The van der Waals surface area contributed by atoms with E-state index in [0.29, 0.717) is 33.8 Å². The van der Waals surface area contributed by atoms with Crippen molar-refractivity contribution in [3.63, 3.8) is 0 Å². The maximum absolute atomic E-state index is 13.1. The number of nitrogens with zero attached hydrogens (tertiary/aromatic N) is 3. The summed E-state index contributed by atoms with van der Waals surface area (Å²) in [5.41, 5.74) is 2.80. The molecule has 0 aliphatic heterocycles. The molecular weight excluding hydrogens is 513 g/mol. The van der Waals surface area contributed by atoms with Crippen LogP contribution in [0.5, 0.6) is 5.75 Å². The Morgan fingerprint density at radius 1 is 1.03 bits per heavy atom. The summed E-state index contributed by atoms with van der Waals surface area (Å²) in [5, 5.41) is 18.6. The van der Waals surface area contributed by atoms with Gasteiger partial charge in [0.25, 0.3) is 5.91 Å². The Balaban J connectivity index is 1.47. The normalized spacial score (nSPS) is 11.3. The zero-order valence-electron chi connectivity index (χ0n) is 21.4. The standard InChI is InChI=1S/C28H25F3N4O4/c1-17-10-11-25(24(12-17)35(37)38)39-16-21-7-4-8-22(13-21)27(36)32-26-18(2)33-34(19(26)3)15-20-6-5-9-23(14-20)28(29,30)31/h4-14H,15-16H2,1-3H3,(H,32,36). The Morgan fingerprint density at radius 3 is 2.46 bits per heavy atom. The minimum absolute atomic E-state index is 0.0119. The number of aryl methyl sites for hydroxylation is 2. The molecule has 0 fully saturated rings. The van der Waals surface area contributed by atoms with Crippen LogP contribution in [0.15, 0.2) is 66.7 Å². The fourth-order valence-corrected chi connectivity index (χ4v) is 4.09. The highest BCUT2D eigenvalue weighted by molar-refractivity contribution is 6.05. The largest absolute Gasteiger partial charge is 0.482 e. The van der Waals surface area contributed by atoms with Crippen LogP contribution in [0.4, 0.5) is 24.5 Å². The number of carbonyl (C=O) groups excluding carboxylic acids is 1. The average Bonchev–Trinajstić information content (AvgIpc) is 3.14. The molecule has 4 aromatic rings. The molecule has 1 amide bonds. The maximum atomic E-state index is 13.1. The quantitative estimate of drug-likeness (QED) is 0.201. The van der Waals surface area contributed by atoms with Gasteiger partial charge in [-0.15, -0.1) is 0 Å². The van der Waals surface area contributed by atoms with Crippen molar-refractivity contribution in [1.29, 1.82) is 0 Å². The van der Waals surface area contributed by atoms with Crippen molar-refractivity contribution < 1.29 is 27.6 Å². The molecular formula is C28H25F3N4O4. The van der Waals surface area contributed by atoms with Gasteiger partial charge in [0.1, 0.15) is 6.61 Å². The fourth-order valence-electron chi connectivity index (χ4n) is 4.09. The summed E-state index contributed by atoms with van der Waals surface area (Å²) >= 11 is 0. The summed E-state index contributed by atoms with van der Waals surface area (Å²) in [7, 11) is 0. The minimum Gasteiger partial charge on any atom is -0.482 e. The number of benzene rings is 3. The van der Waals surface area contributed by atoms with Gasteiger partial charge < -0.3 is 10.1 Å². The van der Waals surface area contributed by atoms with Crippen LogP contribution in [0.2, 0.25) is 0 Å². The molecule has 3 aromatic carbocycles. The Bertz CT molecular complexity index is 1550. The first-order valence-corrected chi connectivity index (χ1v) is 11.9. The third kappa shape index (κ3) is 6.43. The maximum Gasteiger partial charge on any atom is 0.416 e. The number of aromatic nitrogens is 2. The number of nitro benzene ring substituents is 1. The highest BCUT2D eigenvalue weighted by Crippen LogP contribution is 2.31. The molecule has 0 aliphatic carbocycles. The SMILES string of the molecule is Cc1ccc(OCc2cccc(C(=O)Nc3c(C)nn(Cc4cccc(C(F)(F)F)c4)c3C)c2)c([N+](=O)[O-])c1. The van der Waals surface area contributed by atoms with Crippen LogP contribution >= 0.6 is 0 Å². The molecule has 0 unspecified atom stereocenters. The topological polar surface area (TPSA) is 99.3 Å². The molecule has 0 radical (unpaired) electrons. The predicted molar refractivity (Wildman–Crippen MR) is 139 cm³/mol. The van der Waals surface area contributed by atoms with Crippen LogP contribution in [0.25, 0.3) is 0 Å². The number of nitrogens with one attached hydrogen (secondary N) is 1. The van der Waals surface area contributed by atoms with Crippen molar-refractivity contribution in [3.8, 4) is 5.75 Å². The highest BCUT2D eigenvalue weighted by Gasteiger charge is 2.30. The average molecular weight is 539 g/mol. The first kappa shape index (κ1) is 27.4. The van der Waals surface area contributed by atoms with E-state index < -0.39 is 22.6 Å². The van der Waals surface area contributed by atoms with Crippen molar-refractivity contribution >= 4 is 17.3 Å². The number of hydrogen-bond acceptors (Lipinski definition) is 5. The Kier molecular flexibility index (Phi) is 7.70. The molecule has 39 heavy (non-hydrogen) atoms. The fraction of sp³-hybridized carbons (Fsp3) is 0.214. The smallest absolute Gasteiger partial charge is 0.416 e. The van der Waals surface area contributed by atoms with Crippen molar-refractivity contribution in [3.05, 3.63) is 116 Å². The minimum atomic E-state index is -4.45. The van der Waals surface area contributed by atoms with E-state index in [9.17, 15) is 28.1 Å². The monoisotopic (exact) mass is 538 g/mol. The third-order valence-corrected chi connectivity index (χ3v) is 6.10. The molecule has 1 heterocycles. The molecule has 0 aliphatic rings. The second kappa shape index (κ2) is 11.0. The lowest BCUT2D eigenvalue weighted by atomic mass is 10.1. The van der Waals surface area contributed by atoms with Crippen molar-refractivity contribution in [2.45, 2.75) is 40.1 Å². The van der Waals surface area contributed by atoms with Crippen LogP contribution in [0.3, 0.4) is 0 Å². The second-order valence-electron chi connectivity index (χ2n) is 9.07. The first-order chi connectivity index (χ1) is 18.4. The number of halogens is 3. The van der Waals surface area contributed by atoms with Gasteiger partial charge in [-0.2, -0.15) is 18.3 Å². The van der Waals surface area contributed by atoms with Gasteiger partial charge in [0.05, 0.1) is 34.1 Å². The molecule has 202 valence electrons. The molecule has 0 spiro atoms. The van der Waals surface area contributed by atoms with Crippen molar-refractivity contribution in [2.75, 3.05) is 5.32 Å². The number of hydrogen-bond donors (Lipinski definition) is 1. The number of carbonyl (C=O) groups is 1. The van der Waals surface area contributed by atoms with Gasteiger partial charge in [0.15, 0.2) is 5.75 Å². The summed E-state index contributed by atoms with van der Waals surface area (Å²) in [5.74, 6) is -0.289. The summed E-state index contributed by atoms with van der Waals surface area (Å²) in [6.45, 7) is 5.28. The molecule has 4 rings (SSSR count). The summed E-state index contributed by atoms with van der Waals surface area (Å²) in [4.78, 5) is 23.9. The van der Waals surface area contributed by atoms with Gasteiger partial charge in [-0.3, -0.25) is 19.6 Å². The van der Waals surface area contributed by atoms with Gasteiger partial charge in [-0.1, -0.05) is 30.3 Å². The number of nitro groups is 1. The van der Waals surface area contributed by atoms with E-state index in [-0.39, 0.29) is 24.6 Å². The van der Waals surface area contributed by atoms with Gasteiger partial charge in [0.2, 0.25) is 0 Å². The third-order valence-electron chi connectivity index (χ3n) is 6.10. The zero-order chi connectivity index (χ0) is 28.3. The van der Waals surface area contributed by atoms with E-state index in [1.807, 2.05) is 0 Å². The summed E-state index contributed by atoms with van der Waals surface area (Å²) in [6, 6.07) is 16.3. The summed E-state index contributed by atoms with van der Waals surface area (Å²) in [6.07, 6.45) is -4.45. The van der Waals surface area contributed by atoms with Crippen LogP contribution in [0.1, 0.15) is 44.0 Å². The lowest BCUT2D eigenvalue weighted by molar-refractivity contribution is -0.386. The van der Waals surface area contributed by atoms with E-state index in [1.54, 1.807) is 61.9 Å². The van der Waals surface area contributed by atoms with Gasteiger partial charge in [-0.05, 0) is 67.8 Å². The molecule has 0 atom stereocenters. The van der Waals surface area contributed by atoms with Crippen molar-refractivity contribution in [1.82, 2.24) is 9.78 Å². The predicted octanol–water partition coefficient (Wildman–Crippen LogP) is 6.61. The molecule has 0 saturated heterocycles. The van der Waals surface area contributed by atoms with Crippen molar-refractivity contribution in [2.24, 2.45) is 0 Å². The van der Waals surface area contributed by atoms with Gasteiger partial charge in [0, 0.05) is 11.6 Å². The molecule has 0 saturated carbocycles. The number of anilines is 1.